The van der Waals surface area contributed by atoms with Crippen molar-refractivity contribution >= 4 is 34.7 Å². The van der Waals surface area contributed by atoms with E-state index in [9.17, 15) is 14.4 Å². The number of hydrogen-bond acceptors (Lipinski definition) is 4. The van der Waals surface area contributed by atoms with Gasteiger partial charge in [-0.2, -0.15) is 11.3 Å². The minimum Gasteiger partial charge on any atom is -0.366 e. The molecule has 0 bridgehead atoms. The van der Waals surface area contributed by atoms with E-state index in [0.717, 1.165) is 5.56 Å². The van der Waals surface area contributed by atoms with Crippen molar-refractivity contribution in [3.05, 3.63) is 51.7 Å². The molecule has 0 saturated carbocycles. The maximum Gasteiger partial charge on any atom is 0.248 e. The van der Waals surface area contributed by atoms with E-state index in [-0.39, 0.29) is 17.0 Å². The molecule has 0 spiro atoms. The van der Waals surface area contributed by atoms with Crippen molar-refractivity contribution < 1.29 is 14.4 Å². The molecule has 1 aromatic carbocycles. The zero-order valence-corrected chi connectivity index (χ0v) is 12.5. The highest BCUT2D eigenvalue weighted by Crippen LogP contribution is 2.16. The van der Waals surface area contributed by atoms with E-state index in [1.807, 2.05) is 16.8 Å². The Morgan fingerprint density at radius 2 is 1.68 bits per heavy atom. The molecule has 6 nitrogen and oxygen atoms in total. The Kier molecular flexibility index (Phi) is 4.90. The van der Waals surface area contributed by atoms with Crippen molar-refractivity contribution in [2.75, 3.05) is 5.32 Å². The molecule has 1 aromatic heterocycles. The minimum atomic E-state index is -0.697. The zero-order chi connectivity index (χ0) is 16.1. The number of nitrogens with two attached hydrogens (primary N) is 2. The smallest absolute Gasteiger partial charge is 0.248 e. The van der Waals surface area contributed by atoms with Crippen molar-refractivity contribution in [3.63, 3.8) is 0 Å². The molecule has 3 amide bonds. The van der Waals surface area contributed by atoms with Crippen LogP contribution in [0.4, 0.5) is 5.69 Å². The summed E-state index contributed by atoms with van der Waals surface area (Å²) < 4.78 is 0. The Bertz CT molecular complexity index is 679. The van der Waals surface area contributed by atoms with Crippen molar-refractivity contribution in [1.29, 1.82) is 0 Å². The molecule has 1 heterocycles. The lowest BCUT2D eigenvalue weighted by molar-refractivity contribution is -0.116. The lowest BCUT2D eigenvalue weighted by atomic mass is 10.1. The lowest BCUT2D eigenvalue weighted by Crippen LogP contribution is -2.18. The summed E-state index contributed by atoms with van der Waals surface area (Å²) in [5.41, 5.74) is 12.0. The standard InChI is InChI=1S/C15H15N3O3S/c16-14(20)10-5-11(15(17)21)7-12(6-10)18-13(19)2-1-9-3-4-22-8-9/h3-8H,1-2H2,(H2,16,20)(H2,17,21)(H,18,19). The summed E-state index contributed by atoms with van der Waals surface area (Å²) in [6.07, 6.45) is 0.914. The van der Waals surface area contributed by atoms with Gasteiger partial charge in [0.25, 0.3) is 0 Å². The normalized spacial score (nSPS) is 10.2. The number of carbonyl (C=O) groups excluding carboxylic acids is 3. The largest absolute Gasteiger partial charge is 0.366 e. The van der Waals surface area contributed by atoms with Gasteiger partial charge in [0.1, 0.15) is 0 Å². The van der Waals surface area contributed by atoms with Gasteiger partial charge in [-0.05, 0) is 47.0 Å². The van der Waals surface area contributed by atoms with Gasteiger partial charge in [-0.25, -0.2) is 0 Å². The fraction of sp³-hybridized carbons (Fsp3) is 0.133. The van der Waals surface area contributed by atoms with Crippen molar-refractivity contribution in [2.45, 2.75) is 12.8 Å². The van der Waals surface area contributed by atoms with Crippen molar-refractivity contribution in [3.8, 4) is 0 Å². The third kappa shape index (κ3) is 4.16. The SMILES string of the molecule is NC(=O)c1cc(NC(=O)CCc2ccsc2)cc(C(N)=O)c1. The molecule has 2 rings (SSSR count). The maximum atomic E-state index is 11.9. The molecule has 5 N–H and O–H groups in total. The summed E-state index contributed by atoms with van der Waals surface area (Å²) >= 11 is 1.57. The van der Waals surface area contributed by atoms with Gasteiger partial charge in [-0.3, -0.25) is 14.4 Å². The molecule has 7 heteroatoms. The van der Waals surface area contributed by atoms with Gasteiger partial charge in [0.15, 0.2) is 0 Å². The van der Waals surface area contributed by atoms with Crippen LogP contribution in [0.3, 0.4) is 0 Å². The maximum absolute atomic E-state index is 11.9. The molecular weight excluding hydrogens is 302 g/mol. The van der Waals surface area contributed by atoms with Crippen LogP contribution in [0.25, 0.3) is 0 Å². The average molecular weight is 317 g/mol. The van der Waals surface area contributed by atoms with Crippen LogP contribution < -0.4 is 16.8 Å². The van der Waals surface area contributed by atoms with Crippen molar-refractivity contribution in [2.24, 2.45) is 11.5 Å². The van der Waals surface area contributed by atoms with Crippen LogP contribution in [-0.4, -0.2) is 17.7 Å². The first-order valence-electron chi connectivity index (χ1n) is 6.51. The number of rotatable bonds is 6. The summed E-state index contributed by atoms with van der Waals surface area (Å²) in [6, 6.07) is 6.08. The Balaban J connectivity index is 2.09. The number of carbonyl (C=O) groups is 3. The topological polar surface area (TPSA) is 115 Å². The molecule has 2 aromatic rings. The van der Waals surface area contributed by atoms with Gasteiger partial charge in [0.05, 0.1) is 0 Å². The predicted molar refractivity (Wildman–Crippen MR) is 84.7 cm³/mol. The second-order valence-corrected chi connectivity index (χ2v) is 5.49. The van der Waals surface area contributed by atoms with Crippen LogP contribution in [0.2, 0.25) is 0 Å². The molecule has 0 fully saturated rings. The molecule has 0 saturated heterocycles. The first-order valence-corrected chi connectivity index (χ1v) is 7.45. The highest BCUT2D eigenvalue weighted by atomic mass is 32.1. The van der Waals surface area contributed by atoms with Crippen molar-refractivity contribution in [1.82, 2.24) is 0 Å². The number of hydrogen-bond donors (Lipinski definition) is 3. The summed E-state index contributed by atoms with van der Waals surface area (Å²) in [5, 5.41) is 6.57. The molecule has 0 aliphatic rings. The number of nitrogens with one attached hydrogen (secondary N) is 1. The molecule has 0 aliphatic heterocycles. The molecule has 0 radical (unpaired) electrons. The first kappa shape index (κ1) is 15.7. The molecule has 114 valence electrons. The zero-order valence-electron chi connectivity index (χ0n) is 11.7. The van der Waals surface area contributed by atoms with E-state index >= 15 is 0 Å². The van der Waals surface area contributed by atoms with Gasteiger partial charge >= 0.3 is 0 Å². The van der Waals surface area contributed by atoms with Crippen LogP contribution >= 0.6 is 11.3 Å². The molecule has 22 heavy (non-hydrogen) atoms. The fourth-order valence-corrected chi connectivity index (χ4v) is 2.60. The number of benzene rings is 1. The van der Waals surface area contributed by atoms with Gasteiger partial charge in [0.2, 0.25) is 17.7 Å². The monoisotopic (exact) mass is 317 g/mol. The van der Waals surface area contributed by atoms with Crippen LogP contribution in [-0.2, 0) is 11.2 Å². The molecule has 0 atom stereocenters. The highest BCUT2D eigenvalue weighted by molar-refractivity contribution is 7.07. The first-order chi connectivity index (χ1) is 10.5. The van der Waals surface area contributed by atoms with E-state index in [1.54, 1.807) is 11.3 Å². The Hall–Kier alpha value is -2.67. The number of aryl methyl sites for hydroxylation is 1. The summed E-state index contributed by atoms with van der Waals surface area (Å²) in [5.74, 6) is -1.61. The van der Waals surface area contributed by atoms with Crippen LogP contribution in [0.15, 0.2) is 35.0 Å². The number of amides is 3. The number of thiophene rings is 1. The highest BCUT2D eigenvalue weighted by Gasteiger charge is 2.11. The van der Waals surface area contributed by atoms with Gasteiger partial charge in [-0.15, -0.1) is 0 Å². The average Bonchev–Trinajstić information content (AvgIpc) is 2.98. The van der Waals surface area contributed by atoms with E-state index in [2.05, 4.69) is 5.32 Å². The third-order valence-corrected chi connectivity index (χ3v) is 3.74. The van der Waals surface area contributed by atoms with Gasteiger partial charge < -0.3 is 16.8 Å². The molecule has 0 unspecified atom stereocenters. The lowest BCUT2D eigenvalue weighted by Gasteiger charge is -2.08. The summed E-state index contributed by atoms with van der Waals surface area (Å²) in [7, 11) is 0. The van der Waals surface area contributed by atoms with E-state index in [1.165, 1.54) is 18.2 Å². The second-order valence-electron chi connectivity index (χ2n) is 4.71. The number of primary amides is 2. The van der Waals surface area contributed by atoms with Gasteiger partial charge in [0, 0.05) is 23.2 Å². The van der Waals surface area contributed by atoms with E-state index < -0.39 is 11.8 Å². The second kappa shape index (κ2) is 6.86. The van der Waals surface area contributed by atoms with Crippen LogP contribution in [0.5, 0.6) is 0 Å². The number of anilines is 1. The Labute approximate surface area is 131 Å². The quantitative estimate of drug-likeness (QED) is 0.750. The third-order valence-electron chi connectivity index (χ3n) is 3.01. The molecular formula is C15H15N3O3S. The van der Waals surface area contributed by atoms with E-state index in [4.69, 9.17) is 11.5 Å². The molecule has 0 aliphatic carbocycles. The van der Waals surface area contributed by atoms with E-state index in [0.29, 0.717) is 18.5 Å². The minimum absolute atomic E-state index is 0.115. The summed E-state index contributed by atoms with van der Waals surface area (Å²) in [6.45, 7) is 0. The Morgan fingerprint density at radius 3 is 2.18 bits per heavy atom. The fourth-order valence-electron chi connectivity index (χ4n) is 1.90. The van der Waals surface area contributed by atoms with Crippen LogP contribution in [0.1, 0.15) is 32.7 Å². The summed E-state index contributed by atoms with van der Waals surface area (Å²) in [4.78, 5) is 34.4. The van der Waals surface area contributed by atoms with Gasteiger partial charge in [-0.1, -0.05) is 0 Å². The predicted octanol–water partition coefficient (Wildman–Crippen LogP) is 1.52. The Morgan fingerprint density at radius 1 is 1.05 bits per heavy atom. The van der Waals surface area contributed by atoms with Crippen LogP contribution in [0, 0.1) is 0 Å².